The Bertz CT molecular complexity index is 465. The maximum atomic E-state index is 12.0. The number of rotatable bonds is 3. The first-order chi connectivity index (χ1) is 9.20. The first-order valence-electron chi connectivity index (χ1n) is 6.17. The maximum absolute atomic E-state index is 12.0. The smallest absolute Gasteiger partial charge is 0.251 e. The van der Waals surface area contributed by atoms with Gasteiger partial charge in [-0.2, -0.15) is 0 Å². The van der Waals surface area contributed by atoms with Gasteiger partial charge in [-0.05, 0) is 25.0 Å². The fourth-order valence-corrected chi connectivity index (χ4v) is 1.97. The highest BCUT2D eigenvalue weighted by atomic mass is 16.5. The molecule has 19 heavy (non-hydrogen) atoms. The van der Waals surface area contributed by atoms with Crippen LogP contribution in [0.1, 0.15) is 28.8 Å². The van der Waals surface area contributed by atoms with Crippen LogP contribution in [-0.2, 0) is 4.74 Å². The SMILES string of the molecule is NC(=NO)c1ccc(C(=O)NC2CCCOC2)cc1. The summed E-state index contributed by atoms with van der Waals surface area (Å²) in [7, 11) is 0. The van der Waals surface area contributed by atoms with Gasteiger partial charge in [-0.15, -0.1) is 0 Å². The van der Waals surface area contributed by atoms with E-state index in [4.69, 9.17) is 15.7 Å². The summed E-state index contributed by atoms with van der Waals surface area (Å²) < 4.78 is 5.31. The van der Waals surface area contributed by atoms with Crippen molar-refractivity contribution in [2.45, 2.75) is 18.9 Å². The molecule has 102 valence electrons. The molecule has 1 saturated heterocycles. The van der Waals surface area contributed by atoms with Gasteiger partial charge in [0.1, 0.15) is 0 Å². The summed E-state index contributed by atoms with van der Waals surface area (Å²) in [4.78, 5) is 12.0. The van der Waals surface area contributed by atoms with Crippen LogP contribution in [0.4, 0.5) is 0 Å². The minimum Gasteiger partial charge on any atom is -0.409 e. The Morgan fingerprint density at radius 3 is 2.63 bits per heavy atom. The number of carbonyl (C=O) groups excluding carboxylic acids is 1. The Labute approximate surface area is 111 Å². The number of ether oxygens (including phenoxy) is 1. The minimum atomic E-state index is -0.137. The van der Waals surface area contributed by atoms with Gasteiger partial charge in [0.25, 0.3) is 5.91 Å². The molecule has 1 fully saturated rings. The van der Waals surface area contributed by atoms with E-state index in [9.17, 15) is 4.79 Å². The van der Waals surface area contributed by atoms with Crippen molar-refractivity contribution < 1.29 is 14.7 Å². The third-order valence-electron chi connectivity index (χ3n) is 3.05. The number of amides is 1. The number of nitrogens with one attached hydrogen (secondary N) is 1. The van der Waals surface area contributed by atoms with Crippen LogP contribution in [0.25, 0.3) is 0 Å². The number of nitrogens with zero attached hydrogens (tertiary/aromatic N) is 1. The van der Waals surface area contributed by atoms with Crippen molar-refractivity contribution in [3.05, 3.63) is 35.4 Å². The van der Waals surface area contributed by atoms with Crippen LogP contribution in [0.2, 0.25) is 0 Å². The molecule has 0 aromatic heterocycles. The van der Waals surface area contributed by atoms with E-state index in [2.05, 4.69) is 10.5 Å². The molecule has 1 atom stereocenters. The van der Waals surface area contributed by atoms with E-state index in [-0.39, 0.29) is 17.8 Å². The molecule has 6 heteroatoms. The number of benzene rings is 1. The van der Waals surface area contributed by atoms with Crippen molar-refractivity contribution in [1.29, 1.82) is 0 Å². The molecule has 1 aromatic carbocycles. The summed E-state index contributed by atoms with van der Waals surface area (Å²) in [5, 5.41) is 14.4. The Kier molecular flexibility index (Phi) is 4.35. The molecule has 1 heterocycles. The average Bonchev–Trinajstić information content (AvgIpc) is 2.47. The highest BCUT2D eigenvalue weighted by Gasteiger charge is 2.17. The van der Waals surface area contributed by atoms with E-state index in [0.29, 0.717) is 17.7 Å². The van der Waals surface area contributed by atoms with Gasteiger partial charge in [0, 0.05) is 17.7 Å². The number of oxime groups is 1. The molecule has 0 aliphatic carbocycles. The molecule has 1 aliphatic heterocycles. The van der Waals surface area contributed by atoms with E-state index in [1.54, 1.807) is 24.3 Å². The first kappa shape index (κ1) is 13.4. The van der Waals surface area contributed by atoms with Gasteiger partial charge >= 0.3 is 0 Å². The zero-order valence-corrected chi connectivity index (χ0v) is 10.5. The molecule has 0 bridgehead atoms. The Morgan fingerprint density at radius 2 is 2.05 bits per heavy atom. The molecule has 0 saturated carbocycles. The van der Waals surface area contributed by atoms with Gasteiger partial charge in [-0.1, -0.05) is 17.3 Å². The summed E-state index contributed by atoms with van der Waals surface area (Å²) in [6.45, 7) is 1.33. The molecular weight excluding hydrogens is 246 g/mol. The number of hydrogen-bond donors (Lipinski definition) is 3. The highest BCUT2D eigenvalue weighted by molar-refractivity contribution is 5.99. The standard InChI is InChI=1S/C13H17N3O3/c14-12(16-18)9-3-5-10(6-4-9)13(17)15-11-2-1-7-19-8-11/h3-6,11,18H,1-2,7-8H2,(H2,14,16)(H,15,17). The molecule has 2 rings (SSSR count). The summed E-state index contributed by atoms with van der Waals surface area (Å²) in [5.74, 6) is -0.116. The molecule has 4 N–H and O–H groups in total. The van der Waals surface area contributed by atoms with Gasteiger partial charge in [0.05, 0.1) is 12.6 Å². The van der Waals surface area contributed by atoms with Crippen LogP contribution in [-0.4, -0.2) is 36.2 Å². The Balaban J connectivity index is 1.99. The monoisotopic (exact) mass is 263 g/mol. The molecule has 0 radical (unpaired) electrons. The quantitative estimate of drug-likeness (QED) is 0.323. The fourth-order valence-electron chi connectivity index (χ4n) is 1.97. The molecule has 6 nitrogen and oxygen atoms in total. The van der Waals surface area contributed by atoms with Gasteiger partial charge < -0.3 is 21.0 Å². The predicted octanol–water partition coefficient (Wildman–Crippen LogP) is 0.690. The number of hydrogen-bond acceptors (Lipinski definition) is 4. The van der Waals surface area contributed by atoms with E-state index >= 15 is 0 Å². The van der Waals surface area contributed by atoms with Crippen molar-refractivity contribution in [3.8, 4) is 0 Å². The lowest BCUT2D eigenvalue weighted by Gasteiger charge is -2.23. The van der Waals surface area contributed by atoms with Crippen LogP contribution >= 0.6 is 0 Å². The van der Waals surface area contributed by atoms with Gasteiger partial charge in [0.2, 0.25) is 0 Å². The van der Waals surface area contributed by atoms with Crippen LogP contribution in [0.15, 0.2) is 29.4 Å². The van der Waals surface area contributed by atoms with Gasteiger partial charge in [0.15, 0.2) is 5.84 Å². The fraction of sp³-hybridized carbons (Fsp3) is 0.385. The largest absolute Gasteiger partial charge is 0.409 e. The second-order valence-corrected chi connectivity index (χ2v) is 4.45. The lowest BCUT2D eigenvalue weighted by molar-refractivity contribution is 0.0624. The second-order valence-electron chi connectivity index (χ2n) is 4.45. The maximum Gasteiger partial charge on any atom is 0.251 e. The second kappa shape index (κ2) is 6.19. The first-order valence-corrected chi connectivity index (χ1v) is 6.17. The minimum absolute atomic E-state index is 0.0210. The molecular formula is C13H17N3O3. The Morgan fingerprint density at radius 1 is 1.37 bits per heavy atom. The zero-order valence-electron chi connectivity index (χ0n) is 10.5. The lowest BCUT2D eigenvalue weighted by Crippen LogP contribution is -2.40. The summed E-state index contributed by atoms with van der Waals surface area (Å²) >= 11 is 0. The summed E-state index contributed by atoms with van der Waals surface area (Å²) in [6.07, 6.45) is 1.90. The highest BCUT2D eigenvalue weighted by Crippen LogP contribution is 2.08. The van der Waals surface area contributed by atoms with Crippen LogP contribution < -0.4 is 11.1 Å². The van der Waals surface area contributed by atoms with Crippen LogP contribution in [0, 0.1) is 0 Å². The third-order valence-corrected chi connectivity index (χ3v) is 3.05. The summed E-state index contributed by atoms with van der Waals surface area (Å²) in [5.41, 5.74) is 6.56. The van der Waals surface area contributed by atoms with Crippen molar-refractivity contribution in [3.63, 3.8) is 0 Å². The van der Waals surface area contributed by atoms with E-state index in [0.717, 1.165) is 19.4 Å². The Hall–Kier alpha value is -2.08. The molecule has 1 aromatic rings. The average molecular weight is 263 g/mol. The van der Waals surface area contributed by atoms with E-state index in [1.807, 2.05) is 0 Å². The molecule has 1 aliphatic rings. The van der Waals surface area contributed by atoms with Crippen LogP contribution in [0.3, 0.4) is 0 Å². The van der Waals surface area contributed by atoms with E-state index < -0.39 is 0 Å². The van der Waals surface area contributed by atoms with Crippen molar-refractivity contribution in [1.82, 2.24) is 5.32 Å². The molecule has 1 amide bonds. The lowest BCUT2D eigenvalue weighted by atomic mass is 10.1. The van der Waals surface area contributed by atoms with Crippen LogP contribution in [0.5, 0.6) is 0 Å². The van der Waals surface area contributed by atoms with Crippen molar-refractivity contribution >= 4 is 11.7 Å². The molecule has 0 spiro atoms. The third kappa shape index (κ3) is 3.45. The van der Waals surface area contributed by atoms with Gasteiger partial charge in [-0.3, -0.25) is 4.79 Å². The predicted molar refractivity (Wildman–Crippen MR) is 70.3 cm³/mol. The number of amidine groups is 1. The molecule has 1 unspecified atom stereocenters. The van der Waals surface area contributed by atoms with Crippen molar-refractivity contribution in [2.75, 3.05) is 13.2 Å². The normalized spacial score (nSPS) is 20.0. The van der Waals surface area contributed by atoms with Crippen molar-refractivity contribution in [2.24, 2.45) is 10.9 Å². The number of nitrogens with two attached hydrogens (primary N) is 1. The zero-order chi connectivity index (χ0) is 13.7. The topological polar surface area (TPSA) is 96.9 Å². The number of carbonyl (C=O) groups is 1. The summed E-state index contributed by atoms with van der Waals surface area (Å²) in [6, 6.07) is 6.64. The van der Waals surface area contributed by atoms with Gasteiger partial charge in [-0.25, -0.2) is 0 Å². The van der Waals surface area contributed by atoms with E-state index in [1.165, 1.54) is 0 Å².